The summed E-state index contributed by atoms with van der Waals surface area (Å²) in [5.41, 5.74) is 8.66. The van der Waals surface area contributed by atoms with E-state index < -0.39 is 5.91 Å². The summed E-state index contributed by atoms with van der Waals surface area (Å²) >= 11 is 1.66. The van der Waals surface area contributed by atoms with Crippen molar-refractivity contribution in [3.05, 3.63) is 34.0 Å². The molecule has 0 radical (unpaired) electrons. The number of anilines is 2. The number of hydrogen-bond acceptors (Lipinski definition) is 6. The van der Waals surface area contributed by atoms with Gasteiger partial charge < -0.3 is 16.0 Å². The maximum atomic E-state index is 11.6. The fourth-order valence-electron chi connectivity index (χ4n) is 2.63. The van der Waals surface area contributed by atoms with Crippen LogP contribution in [0.1, 0.15) is 40.2 Å². The van der Waals surface area contributed by atoms with E-state index in [1.807, 2.05) is 19.2 Å². The van der Waals surface area contributed by atoms with E-state index in [-0.39, 0.29) is 0 Å². The fraction of sp³-hybridized carbons (Fsp3) is 0.438. The molecule has 3 rings (SSSR count). The van der Waals surface area contributed by atoms with Crippen LogP contribution in [0.4, 0.5) is 10.9 Å². The predicted octanol–water partition coefficient (Wildman–Crippen LogP) is 2.47. The Balaban J connectivity index is 1.73. The van der Waals surface area contributed by atoms with Crippen molar-refractivity contribution < 1.29 is 4.79 Å². The molecule has 0 aromatic carbocycles. The molecule has 3 N–H and O–H groups in total. The van der Waals surface area contributed by atoms with Crippen molar-refractivity contribution in [1.29, 1.82) is 0 Å². The zero-order chi connectivity index (χ0) is 16.4. The molecule has 23 heavy (non-hydrogen) atoms. The number of carbonyl (C=O) groups is 1. The molecule has 1 aliphatic heterocycles. The van der Waals surface area contributed by atoms with E-state index in [9.17, 15) is 4.79 Å². The van der Waals surface area contributed by atoms with Gasteiger partial charge in [-0.1, -0.05) is 0 Å². The van der Waals surface area contributed by atoms with E-state index in [1.165, 1.54) is 12.8 Å². The maximum Gasteiger partial charge on any atom is 0.252 e. The number of aromatic nitrogens is 2. The molecule has 1 saturated heterocycles. The van der Waals surface area contributed by atoms with Crippen molar-refractivity contribution in [2.45, 2.75) is 33.2 Å². The predicted molar refractivity (Wildman–Crippen MR) is 93.1 cm³/mol. The van der Waals surface area contributed by atoms with Crippen LogP contribution >= 0.6 is 11.3 Å². The van der Waals surface area contributed by atoms with Gasteiger partial charge in [0.1, 0.15) is 5.82 Å². The number of aryl methyl sites for hydroxylation is 2. The van der Waals surface area contributed by atoms with Gasteiger partial charge in [-0.3, -0.25) is 4.79 Å². The normalized spacial score (nSPS) is 14.3. The lowest BCUT2D eigenvalue weighted by Crippen LogP contribution is -2.18. The van der Waals surface area contributed by atoms with Crippen molar-refractivity contribution in [1.82, 2.24) is 9.97 Å². The lowest BCUT2D eigenvalue weighted by Gasteiger charge is -2.13. The highest BCUT2D eigenvalue weighted by Crippen LogP contribution is 2.25. The average Bonchev–Trinajstić information content (AvgIpc) is 3.18. The Kier molecular flexibility index (Phi) is 4.47. The van der Waals surface area contributed by atoms with Gasteiger partial charge in [0, 0.05) is 24.2 Å². The summed E-state index contributed by atoms with van der Waals surface area (Å²) in [4.78, 5) is 23.0. The molecule has 0 saturated carbocycles. The minimum absolute atomic E-state index is 0.420. The molecular weight excluding hydrogens is 310 g/mol. The Bertz CT molecular complexity index is 721. The summed E-state index contributed by atoms with van der Waals surface area (Å²) in [6.07, 6.45) is 2.48. The molecule has 2 aromatic heterocycles. The first-order valence-electron chi connectivity index (χ1n) is 7.76. The molecule has 1 fully saturated rings. The molecule has 0 bridgehead atoms. The van der Waals surface area contributed by atoms with Gasteiger partial charge in [0.25, 0.3) is 5.91 Å². The Morgan fingerprint density at radius 1 is 1.35 bits per heavy atom. The standard InChI is InChI=1S/C16H21N5OS/c1-10-7-13(14(17)22)15(19-11(10)2)18-8-12-9-23-16(20-12)21-5-3-4-6-21/h7,9H,3-6,8H2,1-2H3,(H2,17,22)(H,18,19). The largest absolute Gasteiger partial charge is 0.365 e. The monoisotopic (exact) mass is 331 g/mol. The number of pyridine rings is 1. The number of nitrogens with two attached hydrogens (primary N) is 1. The zero-order valence-corrected chi connectivity index (χ0v) is 14.2. The highest BCUT2D eigenvalue weighted by Gasteiger charge is 2.16. The van der Waals surface area contributed by atoms with Crippen LogP contribution in [0.2, 0.25) is 0 Å². The van der Waals surface area contributed by atoms with Crippen LogP contribution in [0.3, 0.4) is 0 Å². The van der Waals surface area contributed by atoms with Gasteiger partial charge in [0.05, 0.1) is 17.8 Å². The summed E-state index contributed by atoms with van der Waals surface area (Å²) in [6.45, 7) is 6.54. The molecule has 0 spiro atoms. The van der Waals surface area contributed by atoms with E-state index in [1.54, 1.807) is 17.4 Å². The van der Waals surface area contributed by atoms with Crippen molar-refractivity contribution in [2.75, 3.05) is 23.3 Å². The molecule has 1 amide bonds. The number of carbonyl (C=O) groups excluding carboxylic acids is 1. The van der Waals surface area contributed by atoms with Crippen LogP contribution in [0.25, 0.3) is 0 Å². The van der Waals surface area contributed by atoms with E-state index in [0.717, 1.165) is 35.2 Å². The number of hydrogen-bond donors (Lipinski definition) is 2. The Morgan fingerprint density at radius 3 is 2.78 bits per heavy atom. The molecule has 1 aliphatic rings. The Hall–Kier alpha value is -2.15. The molecule has 122 valence electrons. The smallest absolute Gasteiger partial charge is 0.252 e. The molecular formula is C16H21N5OS. The number of nitrogens with zero attached hydrogens (tertiary/aromatic N) is 3. The Morgan fingerprint density at radius 2 is 2.09 bits per heavy atom. The molecule has 0 unspecified atom stereocenters. The minimum Gasteiger partial charge on any atom is -0.365 e. The van der Waals surface area contributed by atoms with Crippen LogP contribution in [-0.2, 0) is 6.54 Å². The first-order valence-corrected chi connectivity index (χ1v) is 8.64. The number of nitrogens with one attached hydrogen (secondary N) is 1. The lowest BCUT2D eigenvalue weighted by molar-refractivity contribution is 0.100. The summed E-state index contributed by atoms with van der Waals surface area (Å²) < 4.78 is 0. The van der Waals surface area contributed by atoms with Gasteiger partial charge in [-0.25, -0.2) is 9.97 Å². The average molecular weight is 331 g/mol. The third-order valence-corrected chi connectivity index (χ3v) is 5.04. The van der Waals surface area contributed by atoms with E-state index in [4.69, 9.17) is 5.73 Å². The molecule has 0 aliphatic carbocycles. The van der Waals surface area contributed by atoms with Crippen LogP contribution in [-0.4, -0.2) is 29.0 Å². The van der Waals surface area contributed by atoms with Crippen LogP contribution in [0.15, 0.2) is 11.4 Å². The van der Waals surface area contributed by atoms with Gasteiger partial charge in [0.15, 0.2) is 5.13 Å². The first kappa shape index (κ1) is 15.7. The van der Waals surface area contributed by atoms with Crippen LogP contribution in [0.5, 0.6) is 0 Å². The van der Waals surface area contributed by atoms with Gasteiger partial charge in [-0.05, 0) is 38.3 Å². The summed E-state index contributed by atoms with van der Waals surface area (Å²) in [5.74, 6) is 0.0513. The highest BCUT2D eigenvalue weighted by molar-refractivity contribution is 7.13. The number of primary amides is 1. The quantitative estimate of drug-likeness (QED) is 0.879. The van der Waals surface area contributed by atoms with Gasteiger partial charge in [0.2, 0.25) is 0 Å². The lowest BCUT2D eigenvalue weighted by atomic mass is 10.1. The minimum atomic E-state index is -0.473. The van der Waals surface area contributed by atoms with Gasteiger partial charge in [-0.15, -0.1) is 11.3 Å². The van der Waals surface area contributed by atoms with Crippen LogP contribution < -0.4 is 16.0 Å². The third-order valence-electron chi connectivity index (χ3n) is 4.08. The van der Waals surface area contributed by atoms with Crippen LogP contribution in [0, 0.1) is 13.8 Å². The second-order valence-corrected chi connectivity index (χ2v) is 6.66. The second-order valence-electron chi connectivity index (χ2n) is 5.82. The number of amides is 1. The fourth-order valence-corrected chi connectivity index (χ4v) is 3.51. The maximum absolute atomic E-state index is 11.6. The molecule has 6 nitrogen and oxygen atoms in total. The molecule has 0 atom stereocenters. The molecule has 3 heterocycles. The Labute approximate surface area is 139 Å². The topological polar surface area (TPSA) is 84.1 Å². The number of thiazole rings is 1. The van der Waals surface area contributed by atoms with Gasteiger partial charge in [-0.2, -0.15) is 0 Å². The van der Waals surface area contributed by atoms with Crippen molar-refractivity contribution in [2.24, 2.45) is 5.73 Å². The van der Waals surface area contributed by atoms with E-state index in [2.05, 4.69) is 20.2 Å². The highest BCUT2D eigenvalue weighted by atomic mass is 32.1. The first-order chi connectivity index (χ1) is 11.0. The van der Waals surface area contributed by atoms with Crippen molar-refractivity contribution >= 4 is 28.2 Å². The third kappa shape index (κ3) is 3.44. The van der Waals surface area contributed by atoms with E-state index >= 15 is 0 Å². The SMILES string of the molecule is Cc1cc(C(N)=O)c(NCc2csc(N3CCCC3)n2)nc1C. The molecule has 2 aromatic rings. The summed E-state index contributed by atoms with van der Waals surface area (Å²) in [5, 5.41) is 6.32. The molecule has 7 heteroatoms. The zero-order valence-electron chi connectivity index (χ0n) is 13.4. The second kappa shape index (κ2) is 6.54. The van der Waals surface area contributed by atoms with Crippen molar-refractivity contribution in [3.63, 3.8) is 0 Å². The van der Waals surface area contributed by atoms with Gasteiger partial charge >= 0.3 is 0 Å². The van der Waals surface area contributed by atoms with Crippen molar-refractivity contribution in [3.8, 4) is 0 Å². The summed E-state index contributed by atoms with van der Waals surface area (Å²) in [7, 11) is 0. The van der Waals surface area contributed by atoms with E-state index in [0.29, 0.717) is 17.9 Å². The number of rotatable bonds is 5. The summed E-state index contributed by atoms with van der Waals surface area (Å²) in [6, 6.07) is 1.78.